The van der Waals surface area contributed by atoms with Crippen molar-refractivity contribution in [1.29, 1.82) is 0 Å². The number of nitrogens with zero attached hydrogens (tertiary/aromatic N) is 2. The number of ether oxygens (including phenoxy) is 1. The number of hydrogen-bond donors (Lipinski definition) is 3. The summed E-state index contributed by atoms with van der Waals surface area (Å²) in [6.45, 7) is 6.30. The van der Waals surface area contributed by atoms with E-state index in [-0.39, 0.29) is 29.7 Å². The molecule has 5 N–H and O–H groups in total. The van der Waals surface area contributed by atoms with E-state index in [9.17, 15) is 9.59 Å². The van der Waals surface area contributed by atoms with Crippen molar-refractivity contribution in [3.8, 4) is 5.69 Å². The maximum atomic E-state index is 15.2. The molecule has 2 aromatic rings. The number of nitrogens with one attached hydrogen (secondary N) is 1. The lowest BCUT2D eigenvalue weighted by molar-refractivity contribution is -0.148. The summed E-state index contributed by atoms with van der Waals surface area (Å²) in [5.74, 6) is -1.91. The molecule has 184 valence electrons. The third-order valence-electron chi connectivity index (χ3n) is 7.05. The number of carbonyl (C=O) groups is 2. The molecule has 1 amide bonds. The minimum absolute atomic E-state index is 0.00668. The number of aromatic nitrogens is 2. The number of carbonyl (C=O) groups excluding carboxylic acids is 2. The van der Waals surface area contributed by atoms with Crippen LogP contribution in [0.5, 0.6) is 0 Å². The summed E-state index contributed by atoms with van der Waals surface area (Å²) < 4.78 is 22.3. The first kappa shape index (κ1) is 24.2. The largest absolute Gasteiger partial charge is 0.461 e. The summed E-state index contributed by atoms with van der Waals surface area (Å²) >= 11 is 0. The molecule has 1 heterocycles. The molecule has 0 saturated heterocycles. The lowest BCUT2D eigenvalue weighted by Crippen LogP contribution is -2.33. The second-order valence-corrected chi connectivity index (χ2v) is 10.3. The van der Waals surface area contributed by atoms with Gasteiger partial charge in [0, 0.05) is 17.8 Å². The van der Waals surface area contributed by atoms with Crippen molar-refractivity contribution in [2.75, 3.05) is 11.9 Å². The molecule has 0 bridgehead atoms. The Morgan fingerprint density at radius 2 is 1.97 bits per heavy atom. The highest BCUT2D eigenvalue weighted by atomic mass is 19.1. The molecule has 2 aliphatic carbocycles. The van der Waals surface area contributed by atoms with Crippen molar-refractivity contribution >= 4 is 17.6 Å². The van der Waals surface area contributed by atoms with Gasteiger partial charge >= 0.3 is 5.97 Å². The molecule has 0 spiro atoms. The smallest absolute Gasteiger partial charge is 0.319 e. The minimum atomic E-state index is -0.822. The summed E-state index contributed by atoms with van der Waals surface area (Å²) in [5.41, 5.74) is 15.0. The van der Waals surface area contributed by atoms with E-state index in [2.05, 4.69) is 19.2 Å². The molecule has 1 fully saturated rings. The molecule has 4 rings (SSSR count). The molecule has 2 aliphatic rings. The average molecular weight is 472 g/mol. The first-order chi connectivity index (χ1) is 16.1. The van der Waals surface area contributed by atoms with Crippen LogP contribution in [0.3, 0.4) is 0 Å². The fourth-order valence-corrected chi connectivity index (χ4v) is 5.19. The number of esters is 1. The van der Waals surface area contributed by atoms with Gasteiger partial charge in [0.1, 0.15) is 11.9 Å². The quantitative estimate of drug-likeness (QED) is 0.556. The highest BCUT2D eigenvalue weighted by molar-refractivity contribution is 5.99. The van der Waals surface area contributed by atoms with Crippen LogP contribution in [0, 0.1) is 18.2 Å². The Labute approximate surface area is 199 Å². The van der Waals surface area contributed by atoms with Gasteiger partial charge in [0.05, 0.1) is 29.2 Å². The number of anilines is 1. The van der Waals surface area contributed by atoms with E-state index in [4.69, 9.17) is 21.3 Å². The molecule has 0 atom stereocenters. The van der Waals surface area contributed by atoms with E-state index in [1.54, 1.807) is 6.07 Å². The minimum Gasteiger partial charge on any atom is -0.461 e. The Balaban J connectivity index is 1.62. The van der Waals surface area contributed by atoms with Crippen LogP contribution < -0.4 is 16.8 Å². The number of aryl methyl sites for hydroxylation is 1. The van der Waals surface area contributed by atoms with Crippen molar-refractivity contribution in [3.05, 3.63) is 40.5 Å². The Hall–Kier alpha value is -2.94. The van der Waals surface area contributed by atoms with Gasteiger partial charge in [-0.15, -0.1) is 0 Å². The number of nitrogens with two attached hydrogens (primary N) is 2. The number of halogens is 1. The summed E-state index contributed by atoms with van der Waals surface area (Å²) in [4.78, 5) is 23.6. The monoisotopic (exact) mass is 471 g/mol. The van der Waals surface area contributed by atoms with Gasteiger partial charge in [0.2, 0.25) is 0 Å². The maximum absolute atomic E-state index is 15.2. The zero-order valence-electron chi connectivity index (χ0n) is 20.1. The van der Waals surface area contributed by atoms with Crippen molar-refractivity contribution in [3.63, 3.8) is 0 Å². The van der Waals surface area contributed by atoms with E-state index in [1.807, 2.05) is 11.6 Å². The second-order valence-electron chi connectivity index (χ2n) is 10.3. The topological polar surface area (TPSA) is 125 Å². The van der Waals surface area contributed by atoms with E-state index >= 15 is 4.39 Å². The van der Waals surface area contributed by atoms with Crippen LogP contribution in [-0.2, 0) is 22.4 Å². The third kappa shape index (κ3) is 4.94. The number of rotatable bonds is 6. The van der Waals surface area contributed by atoms with E-state index < -0.39 is 17.7 Å². The summed E-state index contributed by atoms with van der Waals surface area (Å²) in [6, 6.07) is 3.09. The lowest BCUT2D eigenvalue weighted by Gasteiger charge is -2.31. The summed E-state index contributed by atoms with van der Waals surface area (Å²) in [6.07, 6.45) is 5.44. The van der Waals surface area contributed by atoms with Gasteiger partial charge in [-0.05, 0) is 68.9 Å². The van der Waals surface area contributed by atoms with Crippen LogP contribution in [0.4, 0.5) is 10.1 Å². The molecule has 0 unspecified atom stereocenters. The second kappa shape index (κ2) is 9.37. The molecular weight excluding hydrogens is 437 g/mol. The van der Waals surface area contributed by atoms with Gasteiger partial charge < -0.3 is 21.5 Å². The Bertz CT molecular complexity index is 1100. The molecule has 0 aliphatic heterocycles. The van der Waals surface area contributed by atoms with Gasteiger partial charge in [-0.3, -0.25) is 9.59 Å². The van der Waals surface area contributed by atoms with Crippen LogP contribution in [0.1, 0.15) is 73.3 Å². The van der Waals surface area contributed by atoms with Crippen LogP contribution in [0.25, 0.3) is 5.69 Å². The fraction of sp³-hybridized carbons (Fsp3) is 0.560. The zero-order valence-corrected chi connectivity index (χ0v) is 20.1. The highest BCUT2D eigenvalue weighted by Crippen LogP contribution is 2.38. The fourth-order valence-electron chi connectivity index (χ4n) is 5.19. The van der Waals surface area contributed by atoms with Gasteiger partial charge in [-0.1, -0.05) is 13.8 Å². The third-order valence-corrected chi connectivity index (χ3v) is 7.05. The van der Waals surface area contributed by atoms with Crippen molar-refractivity contribution in [1.82, 2.24) is 9.78 Å². The Morgan fingerprint density at radius 1 is 1.26 bits per heavy atom. The molecule has 0 radical (unpaired) electrons. The van der Waals surface area contributed by atoms with Crippen LogP contribution in [0.2, 0.25) is 0 Å². The number of hydrogen-bond acceptors (Lipinski definition) is 6. The molecule has 1 saturated carbocycles. The van der Waals surface area contributed by atoms with Gasteiger partial charge in [0.25, 0.3) is 5.91 Å². The van der Waals surface area contributed by atoms with Crippen molar-refractivity contribution in [2.24, 2.45) is 16.9 Å². The van der Waals surface area contributed by atoms with E-state index in [0.29, 0.717) is 37.1 Å². The molecule has 1 aromatic carbocycles. The summed E-state index contributed by atoms with van der Waals surface area (Å²) in [5, 5.41) is 8.05. The van der Waals surface area contributed by atoms with Gasteiger partial charge in [-0.25, -0.2) is 9.07 Å². The predicted octanol–water partition coefficient (Wildman–Crippen LogP) is 3.16. The SMILES string of the molecule is Cc1nn(-c2cc(F)c(C(N)=O)c(N[C@H]3CC[C@H](OC(=O)CN)CC3)c2)c2c1CCC(C)(C)C2. The molecule has 9 heteroatoms. The molecule has 1 aromatic heterocycles. The first-order valence-electron chi connectivity index (χ1n) is 11.9. The zero-order chi connectivity index (χ0) is 24.6. The van der Waals surface area contributed by atoms with E-state index in [1.165, 1.54) is 11.6 Å². The lowest BCUT2D eigenvalue weighted by atomic mass is 9.76. The number of amides is 1. The van der Waals surface area contributed by atoms with Gasteiger partial charge in [0.15, 0.2) is 0 Å². The highest BCUT2D eigenvalue weighted by Gasteiger charge is 2.31. The van der Waals surface area contributed by atoms with Crippen molar-refractivity contribution < 1.29 is 18.7 Å². The molecule has 8 nitrogen and oxygen atoms in total. The number of fused-ring (bicyclic) bond motifs is 1. The summed E-state index contributed by atoms with van der Waals surface area (Å²) in [7, 11) is 0. The maximum Gasteiger partial charge on any atom is 0.319 e. The predicted molar refractivity (Wildman–Crippen MR) is 127 cm³/mol. The molecular formula is C25H34FN5O3. The number of benzene rings is 1. The Morgan fingerprint density at radius 3 is 2.62 bits per heavy atom. The van der Waals surface area contributed by atoms with Crippen molar-refractivity contribution in [2.45, 2.75) is 77.9 Å². The number of primary amides is 1. The Kier molecular flexibility index (Phi) is 6.66. The first-order valence-corrected chi connectivity index (χ1v) is 11.9. The van der Waals surface area contributed by atoms with Crippen LogP contribution in [-0.4, -0.2) is 40.3 Å². The standard InChI is InChI=1S/C25H34FN5O3/c1-14-18-8-9-25(2,3)12-21(18)31(30-14)16-10-19(26)23(24(28)33)20(11-16)29-15-4-6-17(7-5-15)34-22(32)13-27/h10-11,15,17,29H,4-9,12-13,27H2,1-3H3,(H2,28,33)/t15-,17-. The van der Waals surface area contributed by atoms with Crippen LogP contribution in [0.15, 0.2) is 12.1 Å². The molecule has 34 heavy (non-hydrogen) atoms. The normalized spacial score (nSPS) is 21.6. The van der Waals surface area contributed by atoms with Gasteiger partial charge in [-0.2, -0.15) is 5.10 Å². The van der Waals surface area contributed by atoms with E-state index in [0.717, 1.165) is 30.7 Å². The van der Waals surface area contributed by atoms with Crippen LogP contribution >= 0.6 is 0 Å². The average Bonchev–Trinajstić information content (AvgIpc) is 3.08.